The molecule has 128 valence electrons. The maximum atomic E-state index is 12.9. The van der Waals surface area contributed by atoms with Crippen molar-refractivity contribution >= 4 is 5.97 Å². The number of carboxylic acid groups (broad SMARTS) is 1. The number of hydrogen-bond donors (Lipinski definition) is 1. The van der Waals surface area contributed by atoms with Crippen molar-refractivity contribution in [2.24, 2.45) is 0 Å². The first-order valence-corrected chi connectivity index (χ1v) is 6.46. The van der Waals surface area contributed by atoms with Crippen LogP contribution < -0.4 is 10.2 Å². The van der Waals surface area contributed by atoms with Crippen molar-refractivity contribution in [2.75, 3.05) is 6.61 Å². The molecule has 0 unspecified atom stereocenters. The number of nitrogens with zero attached hydrogens (tertiary/aromatic N) is 2. The Bertz CT molecular complexity index is 808. The van der Waals surface area contributed by atoms with Crippen LogP contribution in [0.5, 0.6) is 5.75 Å². The van der Waals surface area contributed by atoms with E-state index in [2.05, 4.69) is 5.10 Å². The van der Waals surface area contributed by atoms with E-state index in [1.165, 1.54) is 24.3 Å². The molecule has 2 rings (SSSR count). The quantitative estimate of drug-likeness (QED) is 0.813. The van der Waals surface area contributed by atoms with Gasteiger partial charge < -0.3 is 9.84 Å². The molecule has 6 nitrogen and oxygen atoms in total. The Balaban J connectivity index is 2.64. The fourth-order valence-corrected chi connectivity index (χ4v) is 1.88. The summed E-state index contributed by atoms with van der Waals surface area (Å²) in [7, 11) is 0. The zero-order valence-electron chi connectivity index (χ0n) is 11.8. The smallest absolute Gasteiger partial charge is 0.341 e. The number of aromatic nitrogens is 2. The average Bonchev–Trinajstić information content (AvgIpc) is 2.53. The lowest BCUT2D eigenvalue weighted by atomic mass is 10.1. The maximum absolute atomic E-state index is 12.9. The van der Waals surface area contributed by atoms with E-state index >= 15 is 0 Å². The van der Waals surface area contributed by atoms with Crippen LogP contribution in [0.15, 0.2) is 35.3 Å². The summed E-state index contributed by atoms with van der Waals surface area (Å²) in [5, 5.41) is 12.4. The third kappa shape index (κ3) is 3.70. The third-order valence-corrected chi connectivity index (χ3v) is 2.87. The number of carboxylic acids is 1. The van der Waals surface area contributed by atoms with Gasteiger partial charge in [-0.2, -0.15) is 13.9 Å². The second-order valence-electron chi connectivity index (χ2n) is 4.48. The lowest BCUT2D eigenvalue weighted by Gasteiger charge is -2.12. The molecule has 0 spiro atoms. The number of rotatable bonds is 6. The molecule has 24 heavy (non-hydrogen) atoms. The van der Waals surface area contributed by atoms with Crippen molar-refractivity contribution in [3.63, 3.8) is 0 Å². The lowest BCUT2D eigenvalue weighted by molar-refractivity contribution is 0.0537. The van der Waals surface area contributed by atoms with Gasteiger partial charge in [0.1, 0.15) is 23.6 Å². The molecule has 1 N–H and O–H groups in total. The summed E-state index contributed by atoms with van der Waals surface area (Å²) < 4.78 is 55.2. The Morgan fingerprint density at radius 1 is 1.25 bits per heavy atom. The van der Waals surface area contributed by atoms with Crippen LogP contribution in [-0.4, -0.2) is 33.9 Å². The topological polar surface area (TPSA) is 81.4 Å². The maximum Gasteiger partial charge on any atom is 0.341 e. The Labute approximate surface area is 131 Å². The molecule has 0 bridgehead atoms. The third-order valence-electron chi connectivity index (χ3n) is 2.87. The van der Waals surface area contributed by atoms with E-state index in [4.69, 9.17) is 9.84 Å². The Morgan fingerprint density at radius 2 is 1.92 bits per heavy atom. The van der Waals surface area contributed by atoms with Gasteiger partial charge >= 0.3 is 12.5 Å². The summed E-state index contributed by atoms with van der Waals surface area (Å²) in [6.07, 6.45) is -2.39. The molecule has 1 heterocycles. The molecule has 0 atom stereocenters. The van der Waals surface area contributed by atoms with E-state index in [1.54, 1.807) is 0 Å². The Kier molecular flexibility index (Phi) is 5.17. The van der Waals surface area contributed by atoms with Crippen molar-refractivity contribution in [2.45, 2.75) is 13.0 Å². The van der Waals surface area contributed by atoms with Gasteiger partial charge in [0.15, 0.2) is 0 Å². The number of halogens is 4. The van der Waals surface area contributed by atoms with Crippen molar-refractivity contribution in [3.05, 3.63) is 46.2 Å². The normalized spacial score (nSPS) is 11.1. The second kappa shape index (κ2) is 7.11. The molecular formula is C14H10F4N2O4. The fraction of sp³-hybridized carbons (Fsp3) is 0.214. The van der Waals surface area contributed by atoms with Crippen LogP contribution in [0.4, 0.5) is 17.6 Å². The summed E-state index contributed by atoms with van der Waals surface area (Å²) in [4.78, 5) is 23.2. The molecule has 10 heteroatoms. The van der Waals surface area contributed by atoms with E-state index in [0.717, 1.165) is 0 Å². The predicted molar refractivity (Wildman–Crippen MR) is 73.6 cm³/mol. The molecule has 0 fully saturated rings. The van der Waals surface area contributed by atoms with Crippen LogP contribution in [0.1, 0.15) is 16.9 Å². The molecule has 1 aromatic carbocycles. The zero-order valence-corrected chi connectivity index (χ0v) is 11.8. The lowest BCUT2D eigenvalue weighted by Crippen LogP contribution is -2.23. The number of hydrogen-bond acceptors (Lipinski definition) is 4. The van der Waals surface area contributed by atoms with Crippen LogP contribution >= 0.6 is 0 Å². The van der Waals surface area contributed by atoms with E-state index in [1.807, 2.05) is 0 Å². The van der Waals surface area contributed by atoms with Gasteiger partial charge in [-0.05, 0) is 12.1 Å². The van der Waals surface area contributed by atoms with Gasteiger partial charge in [-0.3, -0.25) is 4.79 Å². The van der Waals surface area contributed by atoms with Gasteiger partial charge in [-0.15, -0.1) is 0 Å². The fourth-order valence-electron chi connectivity index (χ4n) is 1.88. The minimum Gasteiger partial charge on any atom is -0.487 e. The van der Waals surface area contributed by atoms with Gasteiger partial charge in [0.05, 0.1) is 0 Å². The first kappa shape index (κ1) is 17.4. The van der Waals surface area contributed by atoms with Crippen molar-refractivity contribution < 1.29 is 32.2 Å². The van der Waals surface area contributed by atoms with E-state index < -0.39 is 42.2 Å². The SMILES string of the molecule is O=C(O)c1cn(C(F)F)nc(-c2ccccc2OCC(F)F)c1=O. The first-order chi connectivity index (χ1) is 11.3. The molecule has 2 aromatic rings. The van der Waals surface area contributed by atoms with Gasteiger partial charge in [-0.1, -0.05) is 12.1 Å². The standard InChI is InChI=1S/C14H10F4N2O4/c15-10(16)6-24-9-4-2-1-3-7(9)11-12(21)8(13(22)23)5-20(19-11)14(17)18/h1-5,10,14H,6H2,(H,22,23). The van der Waals surface area contributed by atoms with Crippen LogP contribution in [0.2, 0.25) is 0 Å². The highest BCUT2D eigenvalue weighted by atomic mass is 19.3. The van der Waals surface area contributed by atoms with Gasteiger partial charge in [0, 0.05) is 11.8 Å². The average molecular weight is 346 g/mol. The Morgan fingerprint density at radius 3 is 2.50 bits per heavy atom. The molecule has 0 saturated carbocycles. The van der Waals surface area contributed by atoms with Crippen molar-refractivity contribution in [1.29, 1.82) is 0 Å². The number of para-hydroxylation sites is 1. The Hall–Kier alpha value is -2.91. The molecule has 0 aliphatic rings. The van der Waals surface area contributed by atoms with E-state index in [-0.39, 0.29) is 16.0 Å². The van der Waals surface area contributed by atoms with Crippen LogP contribution in [0, 0.1) is 0 Å². The summed E-state index contributed by atoms with van der Waals surface area (Å²) in [5.74, 6) is -1.92. The number of aromatic carboxylic acids is 1. The van der Waals surface area contributed by atoms with Crippen molar-refractivity contribution in [1.82, 2.24) is 9.78 Å². The van der Waals surface area contributed by atoms with Crippen LogP contribution in [-0.2, 0) is 0 Å². The second-order valence-corrected chi connectivity index (χ2v) is 4.48. The largest absolute Gasteiger partial charge is 0.487 e. The minimum absolute atomic E-state index is 0.00405. The molecule has 0 radical (unpaired) electrons. The number of ether oxygens (including phenoxy) is 1. The van der Waals surface area contributed by atoms with Crippen molar-refractivity contribution in [3.8, 4) is 17.0 Å². The zero-order chi connectivity index (χ0) is 17.9. The molecular weight excluding hydrogens is 336 g/mol. The van der Waals surface area contributed by atoms with E-state index in [0.29, 0.717) is 6.20 Å². The summed E-state index contributed by atoms with van der Waals surface area (Å²) in [5.41, 5.74) is -2.86. The number of benzene rings is 1. The molecule has 0 amide bonds. The number of alkyl halides is 4. The number of carbonyl (C=O) groups is 1. The van der Waals surface area contributed by atoms with E-state index in [9.17, 15) is 27.2 Å². The minimum atomic E-state index is -3.20. The highest BCUT2D eigenvalue weighted by Gasteiger charge is 2.21. The van der Waals surface area contributed by atoms with Crippen LogP contribution in [0.25, 0.3) is 11.3 Å². The predicted octanol–water partition coefficient (Wildman–Crippen LogP) is 2.65. The summed E-state index contributed by atoms with van der Waals surface area (Å²) in [6, 6.07) is 5.27. The monoisotopic (exact) mass is 346 g/mol. The highest BCUT2D eigenvalue weighted by molar-refractivity contribution is 5.88. The molecule has 1 aromatic heterocycles. The molecule has 0 aliphatic heterocycles. The molecule has 0 saturated heterocycles. The van der Waals surface area contributed by atoms with Gasteiger partial charge in [0.2, 0.25) is 5.43 Å². The first-order valence-electron chi connectivity index (χ1n) is 6.46. The molecule has 0 aliphatic carbocycles. The highest BCUT2D eigenvalue weighted by Crippen LogP contribution is 2.27. The van der Waals surface area contributed by atoms with Crippen LogP contribution in [0.3, 0.4) is 0 Å². The summed E-state index contributed by atoms with van der Waals surface area (Å²) in [6.45, 7) is -4.19. The van der Waals surface area contributed by atoms with Gasteiger partial charge in [0.25, 0.3) is 6.43 Å². The summed E-state index contributed by atoms with van der Waals surface area (Å²) >= 11 is 0. The van der Waals surface area contributed by atoms with Gasteiger partial charge in [-0.25, -0.2) is 18.3 Å².